The zero-order valence-electron chi connectivity index (χ0n) is 17.5. The molecule has 0 atom stereocenters. The molecule has 1 aromatic heterocycles. The van der Waals surface area contributed by atoms with Gasteiger partial charge in [0.05, 0.1) is 13.7 Å². The number of ether oxygens (including phenoxy) is 2. The zero-order chi connectivity index (χ0) is 20.3. The highest BCUT2D eigenvalue weighted by Crippen LogP contribution is 2.14. The molecule has 0 saturated carbocycles. The Kier molecular flexibility index (Phi) is 8.30. The van der Waals surface area contributed by atoms with Gasteiger partial charge < -0.3 is 24.7 Å². The van der Waals surface area contributed by atoms with Crippen molar-refractivity contribution in [3.63, 3.8) is 0 Å². The summed E-state index contributed by atoms with van der Waals surface area (Å²) in [5, 5.41) is 15.4. The van der Waals surface area contributed by atoms with Gasteiger partial charge in [-0.25, -0.2) is 4.99 Å². The number of aryl methyl sites for hydroxylation is 1. The van der Waals surface area contributed by atoms with Crippen LogP contribution in [0.4, 0.5) is 0 Å². The normalized spacial score (nSPS) is 13.4. The highest BCUT2D eigenvalue weighted by molar-refractivity contribution is 5.79. The number of aliphatic imine (C=N–C) groups is 1. The number of methoxy groups -OCH3 is 1. The van der Waals surface area contributed by atoms with Crippen molar-refractivity contribution in [1.29, 1.82) is 0 Å². The lowest BCUT2D eigenvalue weighted by Crippen LogP contribution is -2.39. The number of hydrogen-bond acceptors (Lipinski definition) is 5. The van der Waals surface area contributed by atoms with Crippen molar-refractivity contribution in [2.75, 3.05) is 33.4 Å². The average molecular weight is 401 g/mol. The van der Waals surface area contributed by atoms with Crippen LogP contribution < -0.4 is 15.4 Å². The second-order valence-electron chi connectivity index (χ2n) is 6.95. The van der Waals surface area contributed by atoms with E-state index in [4.69, 9.17) is 14.5 Å². The van der Waals surface area contributed by atoms with Crippen LogP contribution in [0.1, 0.15) is 37.0 Å². The molecule has 1 aliphatic rings. The monoisotopic (exact) mass is 400 g/mol. The third-order valence-electron chi connectivity index (χ3n) is 4.87. The summed E-state index contributed by atoms with van der Waals surface area (Å²) in [7, 11) is 1.67. The first-order valence-electron chi connectivity index (χ1n) is 10.4. The van der Waals surface area contributed by atoms with Gasteiger partial charge in [0.15, 0.2) is 5.96 Å². The molecule has 2 heterocycles. The molecule has 1 aliphatic heterocycles. The highest BCUT2D eigenvalue weighted by atomic mass is 16.5. The molecule has 0 fully saturated rings. The van der Waals surface area contributed by atoms with E-state index < -0.39 is 0 Å². The summed E-state index contributed by atoms with van der Waals surface area (Å²) in [5.74, 6) is 3.82. The van der Waals surface area contributed by atoms with E-state index in [1.807, 2.05) is 31.2 Å². The van der Waals surface area contributed by atoms with Gasteiger partial charge in [-0.1, -0.05) is 12.1 Å². The van der Waals surface area contributed by atoms with E-state index in [-0.39, 0.29) is 0 Å². The van der Waals surface area contributed by atoms with E-state index in [2.05, 4.69) is 25.4 Å². The Labute approximate surface area is 172 Å². The van der Waals surface area contributed by atoms with Gasteiger partial charge in [-0.05, 0) is 37.5 Å². The standard InChI is InChI=1S/C21H32N6O2/c1-3-29-15-5-12-22-21(24-16-17-7-9-18(28-2)10-8-17)23-13-11-20-26-25-19-6-4-14-27(19)20/h7-10H,3-6,11-16H2,1-2H3,(H2,22,23,24). The number of aromatic nitrogens is 3. The summed E-state index contributed by atoms with van der Waals surface area (Å²) in [6, 6.07) is 7.99. The third-order valence-corrected chi connectivity index (χ3v) is 4.87. The highest BCUT2D eigenvalue weighted by Gasteiger charge is 2.16. The molecule has 0 spiro atoms. The van der Waals surface area contributed by atoms with Gasteiger partial charge in [0.25, 0.3) is 0 Å². The summed E-state index contributed by atoms with van der Waals surface area (Å²) in [5.41, 5.74) is 1.14. The summed E-state index contributed by atoms with van der Waals surface area (Å²) in [6.45, 7) is 6.72. The second-order valence-corrected chi connectivity index (χ2v) is 6.95. The largest absolute Gasteiger partial charge is 0.497 e. The summed E-state index contributed by atoms with van der Waals surface area (Å²) < 4.78 is 12.9. The Bertz CT molecular complexity index is 772. The van der Waals surface area contributed by atoms with Gasteiger partial charge in [0.1, 0.15) is 17.4 Å². The predicted octanol–water partition coefficient (Wildman–Crippen LogP) is 1.94. The first-order valence-corrected chi connectivity index (χ1v) is 10.4. The minimum Gasteiger partial charge on any atom is -0.497 e. The quantitative estimate of drug-likeness (QED) is 0.341. The van der Waals surface area contributed by atoms with Crippen LogP contribution in [-0.4, -0.2) is 54.1 Å². The molecule has 0 unspecified atom stereocenters. The average Bonchev–Trinajstić information content (AvgIpc) is 3.36. The molecule has 0 radical (unpaired) electrons. The van der Waals surface area contributed by atoms with E-state index in [1.165, 1.54) is 6.42 Å². The maximum Gasteiger partial charge on any atom is 0.191 e. The topological polar surface area (TPSA) is 85.6 Å². The molecule has 8 nitrogen and oxygen atoms in total. The number of hydrogen-bond donors (Lipinski definition) is 2. The first-order chi connectivity index (χ1) is 14.3. The molecule has 0 aliphatic carbocycles. The maximum absolute atomic E-state index is 5.41. The number of benzene rings is 1. The SMILES string of the molecule is CCOCCCNC(=NCc1ccc(OC)cc1)NCCc1nnc2n1CCC2. The van der Waals surface area contributed by atoms with Crippen LogP contribution in [0.15, 0.2) is 29.3 Å². The minimum atomic E-state index is 0.602. The Hall–Kier alpha value is -2.61. The minimum absolute atomic E-state index is 0.602. The molecule has 29 heavy (non-hydrogen) atoms. The molecule has 0 saturated heterocycles. The Morgan fingerprint density at radius 1 is 1.17 bits per heavy atom. The molecular weight excluding hydrogens is 368 g/mol. The number of guanidine groups is 1. The molecule has 0 bridgehead atoms. The lowest BCUT2D eigenvalue weighted by Gasteiger charge is -2.13. The Balaban J connectivity index is 1.52. The first kappa shape index (κ1) is 21.1. The number of fused-ring (bicyclic) bond motifs is 1. The van der Waals surface area contributed by atoms with Crippen molar-refractivity contribution in [3.8, 4) is 5.75 Å². The van der Waals surface area contributed by atoms with E-state index >= 15 is 0 Å². The molecule has 2 aromatic rings. The van der Waals surface area contributed by atoms with Gasteiger partial charge >= 0.3 is 0 Å². The maximum atomic E-state index is 5.41. The van der Waals surface area contributed by atoms with Crippen LogP contribution in [0.2, 0.25) is 0 Å². The van der Waals surface area contributed by atoms with Crippen LogP contribution in [0, 0.1) is 0 Å². The molecule has 158 valence electrons. The molecule has 1 aromatic carbocycles. The fraction of sp³-hybridized carbons (Fsp3) is 0.571. The lowest BCUT2D eigenvalue weighted by molar-refractivity contribution is 0.145. The predicted molar refractivity (Wildman–Crippen MR) is 113 cm³/mol. The van der Waals surface area contributed by atoms with Gasteiger partial charge in [-0.15, -0.1) is 10.2 Å². The van der Waals surface area contributed by atoms with Crippen molar-refractivity contribution in [2.45, 2.75) is 45.7 Å². The fourth-order valence-corrected chi connectivity index (χ4v) is 3.29. The fourth-order valence-electron chi connectivity index (χ4n) is 3.29. The lowest BCUT2D eigenvalue weighted by atomic mass is 10.2. The van der Waals surface area contributed by atoms with Crippen molar-refractivity contribution in [1.82, 2.24) is 25.4 Å². The van der Waals surface area contributed by atoms with Crippen LogP contribution in [-0.2, 0) is 30.7 Å². The summed E-state index contributed by atoms with van der Waals surface area (Å²) in [4.78, 5) is 4.73. The van der Waals surface area contributed by atoms with E-state index in [1.54, 1.807) is 7.11 Å². The van der Waals surface area contributed by atoms with E-state index in [0.717, 1.165) is 81.0 Å². The second kappa shape index (κ2) is 11.4. The van der Waals surface area contributed by atoms with Crippen molar-refractivity contribution < 1.29 is 9.47 Å². The zero-order valence-corrected chi connectivity index (χ0v) is 17.5. The van der Waals surface area contributed by atoms with Gasteiger partial charge in [-0.2, -0.15) is 0 Å². The van der Waals surface area contributed by atoms with Crippen LogP contribution in [0.5, 0.6) is 5.75 Å². The number of rotatable bonds is 11. The smallest absolute Gasteiger partial charge is 0.191 e. The molecule has 2 N–H and O–H groups in total. The van der Waals surface area contributed by atoms with Crippen LogP contribution >= 0.6 is 0 Å². The van der Waals surface area contributed by atoms with E-state index in [0.29, 0.717) is 6.54 Å². The summed E-state index contributed by atoms with van der Waals surface area (Å²) in [6.07, 6.45) is 3.97. The molecule has 8 heteroatoms. The molecule has 3 rings (SSSR count). The van der Waals surface area contributed by atoms with E-state index in [9.17, 15) is 0 Å². The Morgan fingerprint density at radius 2 is 2.00 bits per heavy atom. The van der Waals surface area contributed by atoms with Gasteiger partial charge in [0, 0.05) is 45.7 Å². The summed E-state index contributed by atoms with van der Waals surface area (Å²) >= 11 is 0. The molecule has 0 amide bonds. The van der Waals surface area contributed by atoms with Crippen molar-refractivity contribution >= 4 is 5.96 Å². The third kappa shape index (κ3) is 6.45. The van der Waals surface area contributed by atoms with Crippen molar-refractivity contribution in [3.05, 3.63) is 41.5 Å². The number of nitrogens with one attached hydrogen (secondary N) is 2. The number of nitrogens with zero attached hydrogens (tertiary/aromatic N) is 4. The van der Waals surface area contributed by atoms with Gasteiger partial charge in [0.2, 0.25) is 0 Å². The van der Waals surface area contributed by atoms with Gasteiger partial charge in [-0.3, -0.25) is 0 Å². The Morgan fingerprint density at radius 3 is 2.79 bits per heavy atom. The molecular formula is C21H32N6O2. The van der Waals surface area contributed by atoms with Crippen molar-refractivity contribution in [2.24, 2.45) is 4.99 Å². The van der Waals surface area contributed by atoms with Crippen LogP contribution in [0.25, 0.3) is 0 Å². The van der Waals surface area contributed by atoms with Crippen LogP contribution in [0.3, 0.4) is 0 Å².